The summed E-state index contributed by atoms with van der Waals surface area (Å²) in [5.41, 5.74) is 10.1. The van der Waals surface area contributed by atoms with Crippen LogP contribution in [0.5, 0.6) is 0 Å². The highest BCUT2D eigenvalue weighted by Gasteiger charge is 2.52. The van der Waals surface area contributed by atoms with Crippen LogP contribution in [0.3, 0.4) is 0 Å². The maximum absolute atomic E-state index is 9.29. The number of nitrogens with zero attached hydrogens (tertiary/aromatic N) is 3. The van der Waals surface area contributed by atoms with E-state index in [9.17, 15) is 5.53 Å². The second-order valence-corrected chi connectivity index (χ2v) is 16.3. The summed E-state index contributed by atoms with van der Waals surface area (Å²) in [5.74, 6) is -0.0523. The van der Waals surface area contributed by atoms with Crippen molar-refractivity contribution >= 4 is 30.5 Å². The van der Waals surface area contributed by atoms with Gasteiger partial charge in [-0.2, -0.15) is 0 Å². The second kappa shape index (κ2) is 13.2. The smallest absolute Gasteiger partial charge is 0.261 e. The van der Waals surface area contributed by atoms with Gasteiger partial charge < -0.3 is 13.9 Å². The molecule has 3 aromatic carbocycles. The van der Waals surface area contributed by atoms with Crippen LogP contribution in [0.4, 0.5) is 0 Å². The summed E-state index contributed by atoms with van der Waals surface area (Å²) in [6.45, 7) is 9.73. The highest BCUT2D eigenvalue weighted by Crippen LogP contribution is 2.39. The molecule has 1 aliphatic rings. The van der Waals surface area contributed by atoms with Crippen molar-refractivity contribution < 1.29 is 13.9 Å². The fourth-order valence-corrected chi connectivity index (χ4v) is 11.1. The lowest BCUT2D eigenvalue weighted by molar-refractivity contribution is -0.163. The standard InChI is InChI=1S/C31H39N3O3SSi/c1-23-28(33-34-32)30(38-5)37-27(29(23)35-21-24-15-9-6-10-16-24)22-36-39(31(2,3)4,25-17-11-7-12-18-25)26-19-13-8-14-20-26/h6-20,23,27-30H,21-22H2,1-5H3/t23-,27?,28-,29+,30?/m1/s1. The van der Waals surface area contributed by atoms with Crippen molar-refractivity contribution in [2.75, 3.05) is 12.9 Å². The maximum Gasteiger partial charge on any atom is 0.261 e. The highest BCUT2D eigenvalue weighted by molar-refractivity contribution is 7.99. The van der Waals surface area contributed by atoms with E-state index in [1.165, 1.54) is 10.4 Å². The minimum absolute atomic E-state index is 0.0523. The molecule has 1 aliphatic heterocycles. The van der Waals surface area contributed by atoms with Gasteiger partial charge in [0.2, 0.25) is 0 Å². The van der Waals surface area contributed by atoms with Crippen molar-refractivity contribution in [1.82, 2.24) is 0 Å². The van der Waals surface area contributed by atoms with Gasteiger partial charge in [-0.25, -0.2) is 0 Å². The first-order valence-electron chi connectivity index (χ1n) is 13.4. The molecule has 0 spiro atoms. The molecule has 6 nitrogen and oxygen atoms in total. The summed E-state index contributed by atoms with van der Waals surface area (Å²) in [6.07, 6.45) is 1.36. The molecule has 206 valence electrons. The van der Waals surface area contributed by atoms with Crippen LogP contribution >= 0.6 is 11.8 Å². The molecule has 4 rings (SSSR count). The number of thioether (sulfide) groups is 1. The summed E-state index contributed by atoms with van der Waals surface area (Å²) >= 11 is 1.56. The lowest BCUT2D eigenvalue weighted by Gasteiger charge is -2.47. The van der Waals surface area contributed by atoms with Crippen LogP contribution in [-0.2, 0) is 20.5 Å². The van der Waals surface area contributed by atoms with Crippen molar-refractivity contribution in [2.45, 2.75) is 63.0 Å². The molecule has 39 heavy (non-hydrogen) atoms. The van der Waals surface area contributed by atoms with Gasteiger partial charge in [-0.1, -0.05) is 124 Å². The fourth-order valence-electron chi connectivity index (χ4n) is 5.65. The van der Waals surface area contributed by atoms with Gasteiger partial charge in [-0.15, -0.1) is 11.8 Å². The molecular formula is C31H39N3O3SSi. The van der Waals surface area contributed by atoms with Crippen LogP contribution < -0.4 is 10.4 Å². The summed E-state index contributed by atoms with van der Waals surface area (Å²) in [5, 5.41) is 6.42. The summed E-state index contributed by atoms with van der Waals surface area (Å²) < 4.78 is 20.4. The van der Waals surface area contributed by atoms with E-state index in [1.54, 1.807) is 11.8 Å². The van der Waals surface area contributed by atoms with Crippen molar-refractivity contribution in [3.05, 3.63) is 107 Å². The number of azide groups is 1. The largest absolute Gasteiger partial charge is 0.405 e. The lowest BCUT2D eigenvalue weighted by atomic mass is 9.90. The van der Waals surface area contributed by atoms with Crippen LogP contribution in [0.25, 0.3) is 10.4 Å². The Morgan fingerprint density at radius 1 is 0.923 bits per heavy atom. The molecule has 0 aromatic heterocycles. The zero-order valence-electron chi connectivity index (χ0n) is 23.4. The molecule has 0 saturated carbocycles. The number of hydrogen-bond acceptors (Lipinski definition) is 5. The lowest BCUT2D eigenvalue weighted by Crippen LogP contribution is -2.68. The third kappa shape index (κ3) is 6.43. The van der Waals surface area contributed by atoms with Gasteiger partial charge in [0.15, 0.2) is 0 Å². The normalized spacial score (nSPS) is 23.7. The van der Waals surface area contributed by atoms with Crippen LogP contribution in [0, 0.1) is 5.92 Å². The quantitative estimate of drug-likeness (QED) is 0.122. The van der Waals surface area contributed by atoms with E-state index in [0.717, 1.165) is 5.56 Å². The van der Waals surface area contributed by atoms with Crippen molar-refractivity contribution in [3.8, 4) is 0 Å². The first-order valence-corrected chi connectivity index (χ1v) is 16.6. The van der Waals surface area contributed by atoms with Gasteiger partial charge in [0.1, 0.15) is 11.5 Å². The van der Waals surface area contributed by atoms with Gasteiger partial charge in [0.05, 0.1) is 25.4 Å². The molecular weight excluding hydrogens is 523 g/mol. The Morgan fingerprint density at radius 3 is 1.95 bits per heavy atom. The Hall–Kier alpha value is -2.58. The summed E-state index contributed by atoms with van der Waals surface area (Å²) in [6, 6.07) is 31.0. The highest BCUT2D eigenvalue weighted by atomic mass is 32.2. The zero-order chi connectivity index (χ0) is 27.9. The van der Waals surface area contributed by atoms with E-state index in [1.807, 2.05) is 24.5 Å². The first-order chi connectivity index (χ1) is 18.8. The number of hydrogen-bond donors (Lipinski definition) is 0. The van der Waals surface area contributed by atoms with E-state index < -0.39 is 8.32 Å². The third-order valence-corrected chi connectivity index (χ3v) is 13.5. The number of ether oxygens (including phenoxy) is 2. The minimum Gasteiger partial charge on any atom is -0.405 e. The van der Waals surface area contributed by atoms with Gasteiger partial charge in [0, 0.05) is 4.91 Å². The van der Waals surface area contributed by atoms with E-state index >= 15 is 0 Å². The molecule has 0 radical (unpaired) electrons. The monoisotopic (exact) mass is 561 g/mol. The molecule has 1 saturated heterocycles. The molecule has 0 aliphatic carbocycles. The summed E-state index contributed by atoms with van der Waals surface area (Å²) in [7, 11) is -2.76. The van der Waals surface area contributed by atoms with E-state index in [-0.39, 0.29) is 34.6 Å². The predicted molar refractivity (Wildman–Crippen MR) is 163 cm³/mol. The fraction of sp³-hybridized carbons (Fsp3) is 0.419. The molecule has 0 amide bonds. The molecule has 0 N–H and O–H groups in total. The minimum atomic E-state index is -2.76. The zero-order valence-corrected chi connectivity index (χ0v) is 25.3. The van der Waals surface area contributed by atoms with Gasteiger partial charge in [0.25, 0.3) is 8.32 Å². The van der Waals surface area contributed by atoms with E-state index in [2.05, 4.69) is 111 Å². The summed E-state index contributed by atoms with van der Waals surface area (Å²) in [4.78, 5) is 3.13. The van der Waals surface area contributed by atoms with Gasteiger partial charge in [-0.3, -0.25) is 0 Å². The second-order valence-electron chi connectivity index (χ2n) is 11.1. The molecule has 0 bridgehead atoms. The predicted octanol–water partition coefficient (Wildman–Crippen LogP) is 6.55. The Balaban J connectivity index is 1.70. The Bertz CT molecular complexity index is 1180. The average Bonchev–Trinajstić information content (AvgIpc) is 2.95. The van der Waals surface area contributed by atoms with Crippen molar-refractivity contribution in [1.29, 1.82) is 0 Å². The van der Waals surface area contributed by atoms with E-state index in [0.29, 0.717) is 13.2 Å². The molecule has 8 heteroatoms. The van der Waals surface area contributed by atoms with Crippen LogP contribution in [0.1, 0.15) is 33.3 Å². The van der Waals surface area contributed by atoms with Crippen LogP contribution in [-0.4, -0.2) is 44.9 Å². The van der Waals surface area contributed by atoms with Crippen molar-refractivity contribution in [2.24, 2.45) is 11.0 Å². The van der Waals surface area contributed by atoms with Crippen molar-refractivity contribution in [3.63, 3.8) is 0 Å². The SMILES string of the molecule is CSC1OC(CO[Si](c2ccccc2)(c2ccccc2)C(C)(C)C)[C@@H](OCc2ccccc2)[C@H](C)[C@H]1N=[N+]=[N-]. The van der Waals surface area contributed by atoms with Crippen LogP contribution in [0.2, 0.25) is 5.04 Å². The molecule has 1 fully saturated rings. The average molecular weight is 562 g/mol. The Morgan fingerprint density at radius 2 is 1.46 bits per heavy atom. The van der Waals surface area contributed by atoms with Crippen LogP contribution in [0.15, 0.2) is 96.1 Å². The topological polar surface area (TPSA) is 76.5 Å². The number of rotatable bonds is 10. The molecule has 5 atom stereocenters. The molecule has 2 unspecified atom stereocenters. The van der Waals surface area contributed by atoms with Gasteiger partial charge in [-0.05, 0) is 38.7 Å². The van der Waals surface area contributed by atoms with E-state index in [4.69, 9.17) is 13.9 Å². The maximum atomic E-state index is 9.29. The first kappa shape index (κ1) is 29.4. The number of benzene rings is 3. The Kier molecular flexibility index (Phi) is 9.94. The third-order valence-electron chi connectivity index (χ3n) is 7.59. The molecule has 1 heterocycles. The Labute approximate surface area is 237 Å². The van der Waals surface area contributed by atoms with Gasteiger partial charge >= 0.3 is 0 Å². The molecule has 3 aromatic rings.